The van der Waals surface area contributed by atoms with Gasteiger partial charge in [0.15, 0.2) is 5.96 Å². The molecule has 1 fully saturated rings. The summed E-state index contributed by atoms with van der Waals surface area (Å²) >= 11 is 0. The van der Waals surface area contributed by atoms with Gasteiger partial charge >= 0.3 is 0 Å². The van der Waals surface area contributed by atoms with Gasteiger partial charge in [-0.2, -0.15) is 0 Å². The van der Waals surface area contributed by atoms with Gasteiger partial charge in [-0.05, 0) is 44.4 Å². The molecule has 1 saturated heterocycles. The van der Waals surface area contributed by atoms with Crippen LogP contribution in [0.2, 0.25) is 0 Å². The average molecular weight is 524 g/mol. The quantitative estimate of drug-likeness (QED) is 0.337. The van der Waals surface area contributed by atoms with Gasteiger partial charge in [-0.3, -0.25) is 0 Å². The van der Waals surface area contributed by atoms with Crippen LogP contribution in [0.15, 0.2) is 34.2 Å². The van der Waals surface area contributed by atoms with Gasteiger partial charge < -0.3 is 15.0 Å². The van der Waals surface area contributed by atoms with Crippen molar-refractivity contribution in [3.8, 4) is 0 Å². The molecule has 0 bridgehead atoms. The molecule has 0 atom stereocenters. The number of ether oxygens (including phenoxy) is 1. The zero-order chi connectivity index (χ0) is 19.9. The van der Waals surface area contributed by atoms with Gasteiger partial charge in [0.25, 0.3) is 0 Å². The van der Waals surface area contributed by atoms with Crippen LogP contribution >= 0.6 is 24.0 Å². The van der Waals surface area contributed by atoms with Crippen molar-refractivity contribution in [3.63, 3.8) is 0 Å². The van der Waals surface area contributed by atoms with Gasteiger partial charge in [-0.15, -0.1) is 24.0 Å². The van der Waals surface area contributed by atoms with E-state index in [0.717, 1.165) is 50.6 Å². The van der Waals surface area contributed by atoms with Gasteiger partial charge in [-0.1, -0.05) is 12.1 Å². The molecule has 0 radical (unpaired) electrons. The molecule has 2 rings (SSSR count). The van der Waals surface area contributed by atoms with Crippen molar-refractivity contribution in [1.82, 2.24) is 14.5 Å². The third kappa shape index (κ3) is 6.85. The Bertz CT molecular complexity index is 715. The largest absolute Gasteiger partial charge is 0.378 e. The third-order valence-electron chi connectivity index (χ3n) is 4.59. The molecule has 1 aliphatic rings. The number of sulfonamides is 1. The van der Waals surface area contributed by atoms with Crippen molar-refractivity contribution < 1.29 is 13.2 Å². The van der Waals surface area contributed by atoms with Crippen LogP contribution in [0.1, 0.15) is 32.3 Å². The predicted molar refractivity (Wildman–Crippen MR) is 124 cm³/mol. The molecule has 0 aliphatic carbocycles. The van der Waals surface area contributed by atoms with E-state index in [9.17, 15) is 8.42 Å². The molecule has 1 aliphatic heterocycles. The predicted octanol–water partition coefficient (Wildman–Crippen LogP) is 2.52. The van der Waals surface area contributed by atoms with E-state index in [1.165, 1.54) is 18.4 Å². The summed E-state index contributed by atoms with van der Waals surface area (Å²) in [6.07, 6.45) is 2.37. The molecule has 0 amide bonds. The second-order valence-electron chi connectivity index (χ2n) is 6.74. The van der Waals surface area contributed by atoms with Crippen LogP contribution in [0.4, 0.5) is 0 Å². The molecule has 1 heterocycles. The molecule has 28 heavy (non-hydrogen) atoms. The Morgan fingerprint density at radius 1 is 1.21 bits per heavy atom. The number of halogens is 1. The lowest BCUT2D eigenvalue weighted by atomic mass is 10.1. The molecule has 9 heteroatoms. The zero-order valence-corrected chi connectivity index (χ0v) is 20.4. The van der Waals surface area contributed by atoms with Crippen LogP contribution in [0.3, 0.4) is 0 Å². The molecular weight excluding hydrogens is 491 g/mol. The van der Waals surface area contributed by atoms with Crippen molar-refractivity contribution in [1.29, 1.82) is 0 Å². The Hall–Kier alpha value is -0.910. The second-order valence-corrected chi connectivity index (χ2v) is 8.90. The maximum atomic E-state index is 12.1. The first kappa shape index (κ1) is 25.1. The molecule has 160 valence electrons. The van der Waals surface area contributed by atoms with Gasteiger partial charge in [0.2, 0.25) is 10.0 Å². The van der Waals surface area contributed by atoms with Crippen LogP contribution in [-0.4, -0.2) is 70.0 Å². The highest BCUT2D eigenvalue weighted by atomic mass is 127. The van der Waals surface area contributed by atoms with E-state index in [0.29, 0.717) is 17.5 Å². The van der Waals surface area contributed by atoms with Crippen LogP contribution < -0.4 is 5.32 Å². The Morgan fingerprint density at radius 2 is 1.82 bits per heavy atom. The first-order valence-corrected chi connectivity index (χ1v) is 11.0. The summed E-state index contributed by atoms with van der Waals surface area (Å²) in [5, 5.41) is 3.35. The third-order valence-corrected chi connectivity index (χ3v) is 6.42. The normalized spacial score (nSPS) is 16.2. The van der Waals surface area contributed by atoms with Crippen LogP contribution in [-0.2, 0) is 21.3 Å². The van der Waals surface area contributed by atoms with Crippen molar-refractivity contribution in [2.45, 2.75) is 44.2 Å². The number of nitrogens with one attached hydrogen (secondary N) is 1. The molecule has 0 aromatic heterocycles. The zero-order valence-electron chi connectivity index (χ0n) is 17.2. The van der Waals surface area contributed by atoms with Crippen molar-refractivity contribution in [3.05, 3.63) is 29.8 Å². The number of hydrogen-bond donors (Lipinski definition) is 1. The number of rotatable bonds is 7. The van der Waals surface area contributed by atoms with Crippen molar-refractivity contribution in [2.24, 2.45) is 4.99 Å². The van der Waals surface area contributed by atoms with E-state index in [-0.39, 0.29) is 24.0 Å². The van der Waals surface area contributed by atoms with Crippen LogP contribution in [0, 0.1) is 0 Å². The van der Waals surface area contributed by atoms with E-state index in [1.807, 2.05) is 19.1 Å². The SMILES string of the molecule is CCNC(=NCc1ccc(S(=O)(=O)N(C)C)cc1)N1CCC(OCC)CC1.I. The number of benzene rings is 1. The van der Waals surface area contributed by atoms with Gasteiger partial charge in [0.1, 0.15) is 0 Å². The van der Waals surface area contributed by atoms with E-state index < -0.39 is 10.0 Å². The fraction of sp³-hybridized carbons (Fsp3) is 0.632. The second kappa shape index (κ2) is 11.9. The average Bonchev–Trinajstić information content (AvgIpc) is 2.66. The minimum atomic E-state index is -3.40. The van der Waals surface area contributed by atoms with Crippen LogP contribution in [0.5, 0.6) is 0 Å². The molecular formula is C19H33IN4O3S. The minimum Gasteiger partial charge on any atom is -0.378 e. The highest BCUT2D eigenvalue weighted by Gasteiger charge is 2.21. The lowest BCUT2D eigenvalue weighted by Gasteiger charge is -2.34. The maximum absolute atomic E-state index is 12.1. The molecule has 1 aromatic carbocycles. The highest BCUT2D eigenvalue weighted by molar-refractivity contribution is 14.0. The minimum absolute atomic E-state index is 0. The molecule has 0 unspecified atom stereocenters. The number of piperidine rings is 1. The van der Waals surface area contributed by atoms with E-state index in [1.54, 1.807) is 12.1 Å². The van der Waals surface area contributed by atoms with Gasteiger partial charge in [0, 0.05) is 40.3 Å². The first-order chi connectivity index (χ1) is 12.9. The molecule has 1 aromatic rings. The smallest absolute Gasteiger partial charge is 0.242 e. The monoisotopic (exact) mass is 524 g/mol. The van der Waals surface area contributed by atoms with Gasteiger partial charge in [-0.25, -0.2) is 17.7 Å². The highest BCUT2D eigenvalue weighted by Crippen LogP contribution is 2.16. The molecule has 7 nitrogen and oxygen atoms in total. The summed E-state index contributed by atoms with van der Waals surface area (Å²) in [4.78, 5) is 7.30. The number of nitrogens with zero attached hydrogens (tertiary/aromatic N) is 3. The topological polar surface area (TPSA) is 74.2 Å². The Morgan fingerprint density at radius 3 is 2.32 bits per heavy atom. The number of aliphatic imine (C=N–C) groups is 1. The summed E-state index contributed by atoms with van der Waals surface area (Å²) in [7, 11) is -0.330. The molecule has 0 saturated carbocycles. The lowest BCUT2D eigenvalue weighted by Crippen LogP contribution is -2.47. The number of hydrogen-bond acceptors (Lipinski definition) is 4. The van der Waals surface area contributed by atoms with Crippen molar-refractivity contribution in [2.75, 3.05) is 40.3 Å². The summed E-state index contributed by atoms with van der Waals surface area (Å²) in [6, 6.07) is 6.93. The first-order valence-electron chi connectivity index (χ1n) is 9.54. The van der Waals surface area contributed by atoms with Gasteiger partial charge in [0.05, 0.1) is 17.5 Å². The van der Waals surface area contributed by atoms with E-state index >= 15 is 0 Å². The standard InChI is InChI=1S/C19H32N4O3S.HI/c1-5-20-19(23-13-11-17(12-14-23)26-6-2)21-15-16-7-9-18(10-8-16)27(24,25)22(3)4;/h7-10,17H,5-6,11-15H2,1-4H3,(H,20,21);1H. The number of guanidine groups is 1. The van der Waals surface area contributed by atoms with Crippen molar-refractivity contribution >= 4 is 40.0 Å². The maximum Gasteiger partial charge on any atom is 0.242 e. The lowest BCUT2D eigenvalue weighted by molar-refractivity contribution is 0.0263. The Balaban J connectivity index is 0.00000392. The number of likely N-dealkylation sites (tertiary alicyclic amines) is 1. The summed E-state index contributed by atoms with van der Waals surface area (Å²) in [5.41, 5.74) is 0.979. The Labute approximate surface area is 186 Å². The summed E-state index contributed by atoms with van der Waals surface area (Å²) in [5.74, 6) is 0.900. The summed E-state index contributed by atoms with van der Waals surface area (Å²) in [6.45, 7) is 8.03. The fourth-order valence-corrected chi connectivity index (χ4v) is 3.94. The summed E-state index contributed by atoms with van der Waals surface area (Å²) < 4.78 is 31.2. The Kier molecular flexibility index (Phi) is 10.7. The fourth-order valence-electron chi connectivity index (χ4n) is 3.04. The molecule has 1 N–H and O–H groups in total. The van der Waals surface area contributed by atoms with E-state index in [4.69, 9.17) is 9.73 Å². The van der Waals surface area contributed by atoms with E-state index in [2.05, 4.69) is 17.1 Å². The van der Waals surface area contributed by atoms with Crippen LogP contribution in [0.25, 0.3) is 0 Å². The molecule has 0 spiro atoms.